The molecule has 3 nitrogen and oxygen atoms in total. The maximum absolute atomic E-state index is 12.9. The summed E-state index contributed by atoms with van der Waals surface area (Å²) < 4.78 is 37.5. The summed E-state index contributed by atoms with van der Waals surface area (Å²) in [6.07, 6.45) is 1.69. The van der Waals surface area contributed by atoms with Gasteiger partial charge in [-0.2, -0.15) is 0 Å². The Morgan fingerprint density at radius 3 is 2.52 bits per heavy atom. The van der Waals surface area contributed by atoms with Gasteiger partial charge in [0.1, 0.15) is 5.82 Å². The van der Waals surface area contributed by atoms with Crippen LogP contribution in [0.4, 0.5) is 4.39 Å². The highest BCUT2D eigenvalue weighted by atomic mass is 32.2. The summed E-state index contributed by atoms with van der Waals surface area (Å²) in [5.74, 6) is -0.575. The van der Waals surface area contributed by atoms with Gasteiger partial charge in [-0.05, 0) is 48.0 Å². The molecule has 0 atom stereocenters. The molecule has 0 aliphatic heterocycles. The van der Waals surface area contributed by atoms with E-state index < -0.39 is 15.7 Å². The van der Waals surface area contributed by atoms with E-state index in [-0.39, 0.29) is 10.6 Å². The van der Waals surface area contributed by atoms with Gasteiger partial charge in [0.2, 0.25) is 0 Å². The van der Waals surface area contributed by atoms with Crippen LogP contribution in [0.1, 0.15) is 5.56 Å². The van der Waals surface area contributed by atoms with Crippen LogP contribution < -0.4 is 0 Å². The Hall–Kier alpha value is -2.27. The van der Waals surface area contributed by atoms with E-state index in [0.717, 1.165) is 23.0 Å². The first kappa shape index (κ1) is 13.7. The van der Waals surface area contributed by atoms with Gasteiger partial charge in [-0.1, -0.05) is 12.1 Å². The zero-order valence-electron chi connectivity index (χ0n) is 11.0. The van der Waals surface area contributed by atoms with Crippen LogP contribution in [-0.4, -0.2) is 13.4 Å². The molecule has 0 fully saturated rings. The number of nitrogens with zero attached hydrogens (tertiary/aromatic N) is 1. The fraction of sp³-hybridized carbons (Fsp3) is 0.0625. The monoisotopic (exact) mass is 301 g/mol. The SMILES string of the molecule is O=S(=O)(Cc1ccc2ncccc2c1)c1ccc(F)cc1. The molecule has 1 aromatic heterocycles. The van der Waals surface area contributed by atoms with Gasteiger partial charge in [0, 0.05) is 11.6 Å². The number of halogens is 1. The van der Waals surface area contributed by atoms with Crippen LogP contribution in [0.15, 0.2) is 65.7 Å². The molecule has 0 bridgehead atoms. The number of aromatic nitrogens is 1. The molecule has 0 spiro atoms. The van der Waals surface area contributed by atoms with Crippen molar-refractivity contribution in [1.29, 1.82) is 0 Å². The third-order valence-electron chi connectivity index (χ3n) is 3.20. The van der Waals surface area contributed by atoms with E-state index in [4.69, 9.17) is 0 Å². The van der Waals surface area contributed by atoms with Crippen molar-refractivity contribution >= 4 is 20.7 Å². The smallest absolute Gasteiger partial charge is 0.182 e. The Morgan fingerprint density at radius 2 is 1.76 bits per heavy atom. The normalized spacial score (nSPS) is 11.7. The van der Waals surface area contributed by atoms with Crippen molar-refractivity contribution in [3.63, 3.8) is 0 Å². The largest absolute Gasteiger partial charge is 0.256 e. The summed E-state index contributed by atoms with van der Waals surface area (Å²) in [7, 11) is -3.49. The van der Waals surface area contributed by atoms with Gasteiger partial charge in [0.05, 0.1) is 16.2 Å². The topological polar surface area (TPSA) is 47.0 Å². The minimum Gasteiger partial charge on any atom is -0.256 e. The average molecular weight is 301 g/mol. The van der Waals surface area contributed by atoms with Crippen LogP contribution in [0, 0.1) is 5.82 Å². The van der Waals surface area contributed by atoms with Crippen molar-refractivity contribution in [3.05, 3.63) is 72.2 Å². The van der Waals surface area contributed by atoms with Gasteiger partial charge in [-0.25, -0.2) is 12.8 Å². The van der Waals surface area contributed by atoms with E-state index in [2.05, 4.69) is 4.98 Å². The zero-order valence-corrected chi connectivity index (χ0v) is 11.8. The number of benzene rings is 2. The number of sulfone groups is 1. The van der Waals surface area contributed by atoms with Crippen LogP contribution in [0.25, 0.3) is 10.9 Å². The second-order valence-electron chi connectivity index (χ2n) is 4.74. The summed E-state index contributed by atoms with van der Waals surface area (Å²) in [5, 5.41) is 0.893. The summed E-state index contributed by atoms with van der Waals surface area (Å²) in [5.41, 5.74) is 1.50. The molecule has 106 valence electrons. The van der Waals surface area contributed by atoms with Gasteiger partial charge in [-0.15, -0.1) is 0 Å². The van der Waals surface area contributed by atoms with Crippen molar-refractivity contribution in [3.8, 4) is 0 Å². The number of pyridine rings is 1. The first-order valence-corrected chi connectivity index (χ1v) is 8.02. The lowest BCUT2D eigenvalue weighted by Gasteiger charge is -2.06. The predicted molar refractivity (Wildman–Crippen MR) is 79.0 cm³/mol. The molecular weight excluding hydrogens is 289 g/mol. The highest BCUT2D eigenvalue weighted by Gasteiger charge is 2.15. The lowest BCUT2D eigenvalue weighted by molar-refractivity contribution is 0.594. The number of rotatable bonds is 3. The standard InChI is InChI=1S/C16H12FNO2S/c17-14-4-6-15(7-5-14)21(19,20)11-12-3-8-16-13(10-12)2-1-9-18-16/h1-10H,11H2. The van der Waals surface area contributed by atoms with Gasteiger partial charge < -0.3 is 0 Å². The van der Waals surface area contributed by atoms with Gasteiger partial charge in [-0.3, -0.25) is 4.98 Å². The highest BCUT2D eigenvalue weighted by Crippen LogP contribution is 2.20. The van der Waals surface area contributed by atoms with E-state index in [1.165, 1.54) is 12.1 Å². The third kappa shape index (κ3) is 2.92. The van der Waals surface area contributed by atoms with Crippen molar-refractivity contribution in [2.75, 3.05) is 0 Å². The second kappa shape index (κ2) is 5.26. The van der Waals surface area contributed by atoms with Crippen LogP contribution >= 0.6 is 0 Å². The molecule has 3 rings (SSSR count). The molecule has 0 aliphatic rings. The first-order chi connectivity index (χ1) is 10.0. The molecule has 0 amide bonds. The van der Waals surface area contributed by atoms with Gasteiger partial charge in [0.25, 0.3) is 0 Å². The maximum Gasteiger partial charge on any atom is 0.182 e. The molecule has 1 heterocycles. The van der Waals surface area contributed by atoms with Crippen LogP contribution in [-0.2, 0) is 15.6 Å². The highest BCUT2D eigenvalue weighted by molar-refractivity contribution is 7.90. The molecule has 3 aromatic rings. The zero-order chi connectivity index (χ0) is 14.9. The van der Waals surface area contributed by atoms with Crippen LogP contribution in [0.5, 0.6) is 0 Å². The van der Waals surface area contributed by atoms with Crippen LogP contribution in [0.2, 0.25) is 0 Å². The van der Waals surface area contributed by atoms with Crippen LogP contribution in [0.3, 0.4) is 0 Å². The Morgan fingerprint density at radius 1 is 1.00 bits per heavy atom. The average Bonchev–Trinajstić information content (AvgIpc) is 2.47. The Kier molecular flexibility index (Phi) is 3.43. The molecule has 0 aliphatic carbocycles. The van der Waals surface area contributed by atoms with E-state index in [1.807, 2.05) is 12.1 Å². The third-order valence-corrected chi connectivity index (χ3v) is 4.90. The fourth-order valence-corrected chi connectivity index (χ4v) is 3.50. The molecular formula is C16H12FNO2S. The van der Waals surface area contributed by atoms with E-state index in [1.54, 1.807) is 24.4 Å². The second-order valence-corrected chi connectivity index (χ2v) is 6.73. The Balaban J connectivity index is 1.95. The van der Waals surface area contributed by atoms with Gasteiger partial charge in [0.15, 0.2) is 9.84 Å². The minimum atomic E-state index is -3.49. The van der Waals surface area contributed by atoms with Gasteiger partial charge >= 0.3 is 0 Å². The number of hydrogen-bond acceptors (Lipinski definition) is 3. The fourth-order valence-electron chi connectivity index (χ4n) is 2.16. The van der Waals surface area contributed by atoms with E-state index >= 15 is 0 Å². The Labute approximate surface area is 122 Å². The van der Waals surface area contributed by atoms with Crippen molar-refractivity contribution < 1.29 is 12.8 Å². The summed E-state index contributed by atoms with van der Waals surface area (Å²) in [6.45, 7) is 0. The lowest BCUT2D eigenvalue weighted by atomic mass is 10.1. The predicted octanol–water partition coefficient (Wildman–Crippen LogP) is 3.35. The van der Waals surface area contributed by atoms with E-state index in [9.17, 15) is 12.8 Å². The number of hydrogen-bond donors (Lipinski definition) is 0. The summed E-state index contributed by atoms with van der Waals surface area (Å²) in [6, 6.07) is 13.9. The molecule has 0 N–H and O–H groups in total. The van der Waals surface area contributed by atoms with Crippen molar-refractivity contribution in [2.45, 2.75) is 10.6 Å². The summed E-state index contributed by atoms with van der Waals surface area (Å²) >= 11 is 0. The molecule has 5 heteroatoms. The van der Waals surface area contributed by atoms with Crippen molar-refractivity contribution in [2.24, 2.45) is 0 Å². The molecule has 0 saturated heterocycles. The molecule has 0 radical (unpaired) electrons. The molecule has 21 heavy (non-hydrogen) atoms. The number of fused-ring (bicyclic) bond motifs is 1. The first-order valence-electron chi connectivity index (χ1n) is 6.37. The maximum atomic E-state index is 12.9. The van der Waals surface area contributed by atoms with E-state index in [0.29, 0.717) is 5.56 Å². The Bertz CT molecular complexity index is 890. The molecule has 2 aromatic carbocycles. The van der Waals surface area contributed by atoms with Crippen molar-refractivity contribution in [1.82, 2.24) is 4.98 Å². The quantitative estimate of drug-likeness (QED) is 0.697. The molecule has 0 saturated carbocycles. The molecule has 0 unspecified atom stereocenters. The summed E-state index contributed by atoms with van der Waals surface area (Å²) in [4.78, 5) is 4.32. The lowest BCUT2D eigenvalue weighted by Crippen LogP contribution is -2.05. The minimum absolute atomic E-state index is 0.121.